The number of rotatable bonds is 4. The molecule has 1 amide bonds. The third-order valence-corrected chi connectivity index (χ3v) is 3.55. The summed E-state index contributed by atoms with van der Waals surface area (Å²) in [4.78, 5) is 24.1. The van der Waals surface area contributed by atoms with Crippen LogP contribution in [-0.2, 0) is 6.54 Å². The third kappa shape index (κ3) is 3.52. The lowest BCUT2D eigenvalue weighted by molar-refractivity contribution is 0.0771. The number of Topliss-reactive ketones (excluding diaryl/α,β-unsaturated/α-hetero) is 1. The van der Waals surface area contributed by atoms with E-state index in [4.69, 9.17) is 0 Å². The number of ketones is 1. The first kappa shape index (κ1) is 18.6. The van der Waals surface area contributed by atoms with Crippen LogP contribution in [0.1, 0.15) is 33.2 Å². The molecule has 2 aromatic rings. The van der Waals surface area contributed by atoms with Gasteiger partial charge in [-0.25, -0.2) is 22.0 Å². The maximum absolute atomic E-state index is 13.7. The summed E-state index contributed by atoms with van der Waals surface area (Å²) in [6.07, 6.45) is 0. The highest BCUT2D eigenvalue weighted by Crippen LogP contribution is 2.24. The standard InChI is InChI=1S/C17H12F5NO2/c1-8(24)10-5-3-9(4-6-10)7-23(2)17(25)11-12(18)14(20)16(22)15(21)13(11)19/h3-6H,7H2,1-2H3. The molecule has 0 heterocycles. The van der Waals surface area contributed by atoms with Gasteiger partial charge in [-0.15, -0.1) is 0 Å². The minimum Gasteiger partial charge on any atom is -0.337 e. The summed E-state index contributed by atoms with van der Waals surface area (Å²) in [5.74, 6) is -12.6. The smallest absolute Gasteiger partial charge is 0.260 e. The highest BCUT2D eigenvalue weighted by atomic mass is 19.2. The van der Waals surface area contributed by atoms with Crippen LogP contribution in [0.15, 0.2) is 24.3 Å². The number of nitrogens with zero attached hydrogens (tertiary/aromatic N) is 1. The Labute approximate surface area is 139 Å². The second kappa shape index (κ2) is 7.00. The van der Waals surface area contributed by atoms with E-state index in [0.29, 0.717) is 11.1 Å². The van der Waals surface area contributed by atoms with Gasteiger partial charge in [0.1, 0.15) is 5.56 Å². The fourth-order valence-electron chi connectivity index (χ4n) is 2.17. The van der Waals surface area contributed by atoms with E-state index in [9.17, 15) is 31.5 Å². The molecule has 2 rings (SSSR count). The van der Waals surface area contributed by atoms with Gasteiger partial charge < -0.3 is 4.90 Å². The summed E-state index contributed by atoms with van der Waals surface area (Å²) in [6, 6.07) is 6.01. The van der Waals surface area contributed by atoms with Crippen molar-refractivity contribution in [2.45, 2.75) is 13.5 Å². The van der Waals surface area contributed by atoms with Crippen molar-refractivity contribution >= 4 is 11.7 Å². The molecular formula is C17H12F5NO2. The van der Waals surface area contributed by atoms with E-state index >= 15 is 0 Å². The molecule has 25 heavy (non-hydrogen) atoms. The van der Waals surface area contributed by atoms with E-state index in [0.717, 1.165) is 11.9 Å². The molecule has 0 radical (unpaired) electrons. The molecule has 2 aromatic carbocycles. The van der Waals surface area contributed by atoms with E-state index in [1.807, 2.05) is 0 Å². The SMILES string of the molecule is CC(=O)c1ccc(CN(C)C(=O)c2c(F)c(F)c(F)c(F)c2F)cc1. The van der Waals surface area contributed by atoms with Gasteiger partial charge in [-0.1, -0.05) is 24.3 Å². The van der Waals surface area contributed by atoms with Gasteiger partial charge in [0.05, 0.1) is 0 Å². The van der Waals surface area contributed by atoms with E-state index < -0.39 is 40.6 Å². The first-order chi connectivity index (χ1) is 11.6. The Bertz CT molecular complexity index is 820. The van der Waals surface area contributed by atoms with Gasteiger partial charge in [-0.3, -0.25) is 9.59 Å². The fraction of sp³-hybridized carbons (Fsp3) is 0.176. The molecule has 0 spiro atoms. The van der Waals surface area contributed by atoms with Gasteiger partial charge in [-0.2, -0.15) is 0 Å². The highest BCUT2D eigenvalue weighted by Gasteiger charge is 2.31. The van der Waals surface area contributed by atoms with Gasteiger partial charge in [-0.05, 0) is 12.5 Å². The second-order valence-electron chi connectivity index (χ2n) is 5.36. The molecule has 0 aliphatic rings. The number of amides is 1. The van der Waals surface area contributed by atoms with Crippen LogP contribution in [0.4, 0.5) is 22.0 Å². The van der Waals surface area contributed by atoms with Crippen molar-refractivity contribution in [3.05, 3.63) is 70.0 Å². The number of halogens is 5. The lowest BCUT2D eigenvalue weighted by Gasteiger charge is -2.18. The minimum atomic E-state index is -2.32. The van der Waals surface area contributed by atoms with Crippen molar-refractivity contribution in [1.29, 1.82) is 0 Å². The maximum Gasteiger partial charge on any atom is 0.260 e. The number of carbonyl (C=O) groups is 2. The number of hydrogen-bond acceptors (Lipinski definition) is 2. The molecule has 0 aliphatic carbocycles. The van der Waals surface area contributed by atoms with Crippen molar-refractivity contribution in [2.75, 3.05) is 7.05 Å². The Morgan fingerprint density at radius 3 is 1.72 bits per heavy atom. The van der Waals surface area contributed by atoms with Crippen LogP contribution in [0, 0.1) is 29.1 Å². The summed E-state index contributed by atoms with van der Waals surface area (Å²) in [7, 11) is 1.15. The Kier molecular flexibility index (Phi) is 5.20. The molecule has 0 atom stereocenters. The Morgan fingerprint density at radius 1 is 0.840 bits per heavy atom. The van der Waals surface area contributed by atoms with Gasteiger partial charge in [0.25, 0.3) is 5.91 Å². The topological polar surface area (TPSA) is 37.4 Å². The summed E-state index contributed by atoms with van der Waals surface area (Å²) in [5, 5.41) is 0. The third-order valence-electron chi connectivity index (χ3n) is 3.55. The molecule has 0 fully saturated rings. The quantitative estimate of drug-likeness (QED) is 0.361. The average molecular weight is 357 g/mol. The van der Waals surface area contributed by atoms with Crippen molar-refractivity contribution in [3.8, 4) is 0 Å². The summed E-state index contributed by atoms with van der Waals surface area (Å²) < 4.78 is 66.8. The monoisotopic (exact) mass is 357 g/mol. The molecule has 132 valence electrons. The number of benzene rings is 2. The molecule has 3 nitrogen and oxygen atoms in total. The van der Waals surface area contributed by atoms with E-state index in [1.54, 1.807) is 0 Å². The second-order valence-corrected chi connectivity index (χ2v) is 5.36. The Hall–Kier alpha value is -2.77. The highest BCUT2D eigenvalue weighted by molar-refractivity contribution is 5.95. The van der Waals surface area contributed by atoms with Crippen molar-refractivity contribution in [3.63, 3.8) is 0 Å². The predicted octanol–water partition coefficient (Wildman–Crippen LogP) is 3.86. The fourth-order valence-corrected chi connectivity index (χ4v) is 2.17. The predicted molar refractivity (Wildman–Crippen MR) is 78.5 cm³/mol. The average Bonchev–Trinajstić information content (AvgIpc) is 2.58. The summed E-state index contributed by atoms with van der Waals surface area (Å²) in [5.41, 5.74) is -0.582. The van der Waals surface area contributed by atoms with Crippen LogP contribution in [-0.4, -0.2) is 23.6 Å². The zero-order valence-electron chi connectivity index (χ0n) is 13.2. The first-order valence-corrected chi connectivity index (χ1v) is 7.02. The molecule has 8 heteroatoms. The van der Waals surface area contributed by atoms with Crippen molar-refractivity contribution in [1.82, 2.24) is 4.90 Å². The van der Waals surface area contributed by atoms with E-state index in [2.05, 4.69) is 0 Å². The molecule has 0 saturated heterocycles. The van der Waals surface area contributed by atoms with Crippen molar-refractivity contribution < 1.29 is 31.5 Å². The molecule has 0 saturated carbocycles. The van der Waals surface area contributed by atoms with E-state index in [1.165, 1.54) is 31.2 Å². The van der Waals surface area contributed by atoms with Crippen LogP contribution in [0.2, 0.25) is 0 Å². The van der Waals surface area contributed by atoms with Crippen LogP contribution in [0.3, 0.4) is 0 Å². The van der Waals surface area contributed by atoms with Gasteiger partial charge >= 0.3 is 0 Å². The number of carbonyl (C=O) groups excluding carboxylic acids is 2. The molecule has 0 aromatic heterocycles. The van der Waals surface area contributed by atoms with Gasteiger partial charge in [0.15, 0.2) is 29.1 Å². The van der Waals surface area contributed by atoms with Gasteiger partial charge in [0.2, 0.25) is 5.82 Å². The largest absolute Gasteiger partial charge is 0.337 e. The zero-order chi connectivity index (χ0) is 18.9. The van der Waals surface area contributed by atoms with Crippen LogP contribution < -0.4 is 0 Å². The summed E-state index contributed by atoms with van der Waals surface area (Å²) >= 11 is 0. The Balaban J connectivity index is 2.30. The lowest BCUT2D eigenvalue weighted by atomic mass is 10.1. The van der Waals surface area contributed by atoms with Crippen molar-refractivity contribution in [2.24, 2.45) is 0 Å². The molecule has 0 unspecified atom stereocenters. The van der Waals surface area contributed by atoms with Gasteiger partial charge in [0, 0.05) is 19.2 Å². The van der Waals surface area contributed by atoms with E-state index in [-0.39, 0.29) is 12.3 Å². The normalized spacial score (nSPS) is 10.7. The first-order valence-electron chi connectivity index (χ1n) is 7.02. The number of hydrogen-bond donors (Lipinski definition) is 0. The molecule has 0 bridgehead atoms. The lowest BCUT2D eigenvalue weighted by Crippen LogP contribution is -2.29. The molecular weight excluding hydrogens is 345 g/mol. The molecule has 0 N–H and O–H groups in total. The zero-order valence-corrected chi connectivity index (χ0v) is 13.2. The van der Waals surface area contributed by atoms with Crippen LogP contribution in [0.5, 0.6) is 0 Å². The molecule has 0 aliphatic heterocycles. The summed E-state index contributed by atoms with van der Waals surface area (Å²) in [6.45, 7) is 1.21. The maximum atomic E-state index is 13.7. The Morgan fingerprint density at radius 2 is 1.28 bits per heavy atom. The van der Waals surface area contributed by atoms with Crippen LogP contribution >= 0.6 is 0 Å². The minimum absolute atomic E-state index is 0.156. The van der Waals surface area contributed by atoms with Crippen LogP contribution in [0.25, 0.3) is 0 Å².